The van der Waals surface area contributed by atoms with E-state index in [1.807, 2.05) is 11.8 Å². The molecule has 3 heterocycles. The minimum atomic E-state index is -0.319. The third kappa shape index (κ3) is 4.03. The van der Waals surface area contributed by atoms with Crippen LogP contribution in [0.2, 0.25) is 0 Å². The van der Waals surface area contributed by atoms with Gasteiger partial charge in [0.1, 0.15) is 11.9 Å². The molecule has 0 atom stereocenters. The van der Waals surface area contributed by atoms with Crippen LogP contribution in [0.5, 0.6) is 0 Å². The smallest absolute Gasteiger partial charge is 0.236 e. The molecule has 0 aliphatic carbocycles. The van der Waals surface area contributed by atoms with E-state index in [9.17, 15) is 14.4 Å². The standard InChI is InChI=1S/C22H26FN5O/c1-16-11-18(23)12-19-21(16)25-14-17(13-24)22(19)28-8-4-5-26(9-10-28)15-20(29)27-6-2-3-7-27/h11-12,14H,2-10,15H2,1H3. The summed E-state index contributed by atoms with van der Waals surface area (Å²) in [7, 11) is 0. The molecule has 0 bridgehead atoms. The highest BCUT2D eigenvalue weighted by molar-refractivity contribution is 5.96. The normalized spacial score (nSPS) is 18.1. The summed E-state index contributed by atoms with van der Waals surface area (Å²) in [6.45, 7) is 7.06. The number of carbonyl (C=O) groups excluding carboxylic acids is 1. The van der Waals surface area contributed by atoms with Gasteiger partial charge in [-0.05, 0) is 43.9 Å². The van der Waals surface area contributed by atoms with E-state index >= 15 is 0 Å². The number of fused-ring (bicyclic) bond motifs is 1. The first-order valence-electron chi connectivity index (χ1n) is 10.3. The quantitative estimate of drug-likeness (QED) is 0.800. The van der Waals surface area contributed by atoms with Crippen LogP contribution in [0.25, 0.3) is 10.9 Å². The molecule has 2 saturated heterocycles. The van der Waals surface area contributed by atoms with Gasteiger partial charge in [-0.1, -0.05) is 0 Å². The Balaban J connectivity index is 1.57. The topological polar surface area (TPSA) is 63.5 Å². The van der Waals surface area contributed by atoms with Crippen LogP contribution in [-0.2, 0) is 4.79 Å². The SMILES string of the molecule is Cc1cc(F)cc2c(N3CCCN(CC(=O)N4CCCC4)CC3)c(C#N)cnc12. The van der Waals surface area contributed by atoms with E-state index in [2.05, 4.69) is 20.9 Å². The first kappa shape index (κ1) is 19.6. The minimum Gasteiger partial charge on any atom is -0.369 e. The number of benzene rings is 1. The molecule has 4 rings (SSSR count). The Morgan fingerprint density at radius 3 is 2.69 bits per heavy atom. The van der Waals surface area contributed by atoms with Crippen LogP contribution in [0.4, 0.5) is 10.1 Å². The highest BCUT2D eigenvalue weighted by atomic mass is 19.1. The first-order valence-corrected chi connectivity index (χ1v) is 10.3. The summed E-state index contributed by atoms with van der Waals surface area (Å²) in [5.74, 6) is -0.110. The minimum absolute atomic E-state index is 0.209. The number of halogens is 1. The molecule has 2 fully saturated rings. The molecule has 0 N–H and O–H groups in total. The molecule has 6 nitrogen and oxygen atoms in total. The Bertz CT molecular complexity index is 964. The fourth-order valence-corrected chi connectivity index (χ4v) is 4.46. The number of nitriles is 1. The van der Waals surface area contributed by atoms with Crippen LogP contribution in [0.1, 0.15) is 30.4 Å². The van der Waals surface area contributed by atoms with Crippen molar-refractivity contribution in [3.05, 3.63) is 35.3 Å². The number of likely N-dealkylation sites (tertiary alicyclic amines) is 1. The summed E-state index contributed by atoms with van der Waals surface area (Å²) in [5, 5.41) is 10.3. The number of amides is 1. The largest absolute Gasteiger partial charge is 0.369 e. The maximum Gasteiger partial charge on any atom is 0.236 e. The van der Waals surface area contributed by atoms with Gasteiger partial charge >= 0.3 is 0 Å². The average molecular weight is 395 g/mol. The first-order chi connectivity index (χ1) is 14.1. The van der Waals surface area contributed by atoms with Gasteiger partial charge in [0, 0.05) is 50.9 Å². The van der Waals surface area contributed by atoms with Crippen LogP contribution >= 0.6 is 0 Å². The lowest BCUT2D eigenvalue weighted by atomic mass is 10.0. The number of pyridine rings is 1. The van der Waals surface area contributed by atoms with Crippen molar-refractivity contribution in [3.8, 4) is 6.07 Å². The van der Waals surface area contributed by atoms with Crippen LogP contribution in [0, 0.1) is 24.1 Å². The number of hydrogen-bond acceptors (Lipinski definition) is 5. The number of anilines is 1. The van der Waals surface area contributed by atoms with Crippen molar-refractivity contribution in [1.82, 2.24) is 14.8 Å². The van der Waals surface area contributed by atoms with Crippen molar-refractivity contribution in [2.45, 2.75) is 26.2 Å². The van der Waals surface area contributed by atoms with Crippen LogP contribution in [0.3, 0.4) is 0 Å². The molecule has 1 aromatic heterocycles. The van der Waals surface area contributed by atoms with Crippen LogP contribution in [-0.4, -0.2) is 66.5 Å². The molecule has 7 heteroatoms. The summed E-state index contributed by atoms with van der Waals surface area (Å²) < 4.78 is 14.1. The second kappa shape index (κ2) is 8.34. The second-order valence-electron chi connectivity index (χ2n) is 7.96. The number of rotatable bonds is 3. The van der Waals surface area contributed by atoms with Gasteiger partial charge in [0.15, 0.2) is 0 Å². The van der Waals surface area contributed by atoms with Gasteiger partial charge in [0.05, 0.1) is 23.3 Å². The maximum absolute atomic E-state index is 14.1. The van der Waals surface area contributed by atoms with Crippen molar-refractivity contribution in [2.75, 3.05) is 50.7 Å². The van der Waals surface area contributed by atoms with Gasteiger partial charge in [-0.25, -0.2) is 4.39 Å². The second-order valence-corrected chi connectivity index (χ2v) is 7.96. The summed E-state index contributed by atoms with van der Waals surface area (Å²) >= 11 is 0. The molecule has 1 amide bonds. The monoisotopic (exact) mass is 395 g/mol. The van der Waals surface area contributed by atoms with Crippen molar-refractivity contribution in [1.29, 1.82) is 5.26 Å². The van der Waals surface area contributed by atoms with Gasteiger partial charge in [-0.15, -0.1) is 0 Å². The Labute approximate surface area is 170 Å². The lowest BCUT2D eigenvalue weighted by molar-refractivity contribution is -0.131. The Morgan fingerprint density at radius 1 is 1.14 bits per heavy atom. The average Bonchev–Trinajstić information content (AvgIpc) is 3.15. The molecule has 0 spiro atoms. The Kier molecular flexibility index (Phi) is 5.63. The molecular formula is C22H26FN5O. The number of nitrogens with zero attached hydrogens (tertiary/aromatic N) is 5. The number of aromatic nitrogens is 1. The highest BCUT2D eigenvalue weighted by Crippen LogP contribution is 2.32. The molecule has 0 saturated carbocycles. The molecule has 152 valence electrons. The van der Waals surface area contributed by atoms with E-state index in [4.69, 9.17) is 0 Å². The highest BCUT2D eigenvalue weighted by Gasteiger charge is 2.24. The van der Waals surface area contributed by atoms with E-state index in [0.29, 0.717) is 24.0 Å². The fraction of sp³-hybridized carbons (Fsp3) is 0.500. The number of carbonyl (C=O) groups is 1. The van der Waals surface area contributed by atoms with Crippen molar-refractivity contribution in [3.63, 3.8) is 0 Å². The van der Waals surface area contributed by atoms with Crippen LogP contribution in [0.15, 0.2) is 18.3 Å². The molecule has 0 unspecified atom stereocenters. The third-order valence-electron chi connectivity index (χ3n) is 5.94. The van der Waals surface area contributed by atoms with E-state index in [1.54, 1.807) is 6.20 Å². The molecule has 2 aliphatic heterocycles. The molecular weight excluding hydrogens is 369 g/mol. The van der Waals surface area contributed by atoms with Gasteiger partial charge in [0.25, 0.3) is 0 Å². The van der Waals surface area contributed by atoms with Crippen LogP contribution < -0.4 is 4.90 Å². The summed E-state index contributed by atoms with van der Waals surface area (Å²) in [5.41, 5.74) is 2.71. The zero-order valence-electron chi connectivity index (χ0n) is 16.8. The van der Waals surface area contributed by atoms with Crippen molar-refractivity contribution >= 4 is 22.5 Å². The van der Waals surface area contributed by atoms with Gasteiger partial charge in [0.2, 0.25) is 5.91 Å². The lowest BCUT2D eigenvalue weighted by Crippen LogP contribution is -2.40. The molecule has 2 aliphatic rings. The van der Waals surface area contributed by atoms with E-state index in [0.717, 1.165) is 68.8 Å². The van der Waals surface area contributed by atoms with Gasteiger partial charge in [-0.3, -0.25) is 14.7 Å². The zero-order valence-corrected chi connectivity index (χ0v) is 16.8. The summed E-state index contributed by atoms with van der Waals surface area (Å²) in [6, 6.07) is 5.17. The third-order valence-corrected chi connectivity index (χ3v) is 5.94. The molecule has 0 radical (unpaired) electrons. The van der Waals surface area contributed by atoms with Crippen molar-refractivity contribution < 1.29 is 9.18 Å². The predicted molar refractivity (Wildman–Crippen MR) is 110 cm³/mol. The summed E-state index contributed by atoms with van der Waals surface area (Å²) in [6.07, 6.45) is 4.67. The Morgan fingerprint density at radius 2 is 1.93 bits per heavy atom. The molecule has 2 aromatic rings. The predicted octanol–water partition coefficient (Wildman–Crippen LogP) is 2.69. The molecule has 1 aromatic carbocycles. The van der Waals surface area contributed by atoms with E-state index < -0.39 is 0 Å². The zero-order chi connectivity index (χ0) is 20.4. The van der Waals surface area contributed by atoms with E-state index in [1.165, 1.54) is 12.1 Å². The van der Waals surface area contributed by atoms with Crippen molar-refractivity contribution in [2.24, 2.45) is 0 Å². The van der Waals surface area contributed by atoms with Gasteiger partial charge < -0.3 is 9.80 Å². The Hall–Kier alpha value is -2.72. The number of hydrogen-bond donors (Lipinski definition) is 0. The summed E-state index contributed by atoms with van der Waals surface area (Å²) in [4.78, 5) is 23.2. The van der Waals surface area contributed by atoms with E-state index in [-0.39, 0.29) is 11.7 Å². The number of aryl methyl sites for hydroxylation is 1. The molecule has 29 heavy (non-hydrogen) atoms. The lowest BCUT2D eigenvalue weighted by Gasteiger charge is -2.26. The van der Waals surface area contributed by atoms with Gasteiger partial charge in [-0.2, -0.15) is 5.26 Å². The fourth-order valence-electron chi connectivity index (χ4n) is 4.46. The maximum atomic E-state index is 14.1.